The van der Waals surface area contributed by atoms with Crippen LogP contribution in [0.5, 0.6) is 0 Å². The Hall–Kier alpha value is -3.30. The smallest absolute Gasteiger partial charge is 0.341 e. The first-order chi connectivity index (χ1) is 20.2. The molecule has 2 unspecified atom stereocenters. The number of ether oxygens (including phenoxy) is 1. The fourth-order valence-corrected chi connectivity index (χ4v) is 7.73. The summed E-state index contributed by atoms with van der Waals surface area (Å²) in [6.45, 7) is 1.80. The highest BCUT2D eigenvalue weighted by atomic mass is 35.5. The van der Waals surface area contributed by atoms with E-state index in [1.807, 2.05) is 24.3 Å². The van der Waals surface area contributed by atoms with E-state index in [4.69, 9.17) is 27.9 Å². The Balaban J connectivity index is 1.28. The molecule has 1 aliphatic carbocycles. The SMILES string of the molecule is COC(=O)c1c(NC(=O)C(C)Sc2cccc(NC(=O)c3ccc(Cl)cc3Cl)c2)sc2c1CCC(c1ccccc1)C2. The molecule has 2 atom stereocenters. The number of thiophene rings is 1. The number of rotatable bonds is 8. The third-order valence-electron chi connectivity index (χ3n) is 7.11. The lowest BCUT2D eigenvalue weighted by molar-refractivity contribution is -0.115. The van der Waals surface area contributed by atoms with Crippen LogP contribution in [-0.2, 0) is 22.4 Å². The number of hydrogen-bond donors (Lipinski definition) is 2. The molecule has 4 aromatic rings. The first kappa shape index (κ1) is 30.2. The van der Waals surface area contributed by atoms with Crippen molar-refractivity contribution in [3.63, 3.8) is 0 Å². The number of thioether (sulfide) groups is 1. The van der Waals surface area contributed by atoms with Crippen molar-refractivity contribution in [2.24, 2.45) is 0 Å². The van der Waals surface area contributed by atoms with Crippen molar-refractivity contribution >= 4 is 74.8 Å². The zero-order valence-corrected chi connectivity index (χ0v) is 26.1. The van der Waals surface area contributed by atoms with Crippen LogP contribution >= 0.6 is 46.3 Å². The van der Waals surface area contributed by atoms with E-state index in [0.29, 0.717) is 32.8 Å². The van der Waals surface area contributed by atoms with Crippen molar-refractivity contribution < 1.29 is 19.1 Å². The van der Waals surface area contributed by atoms with E-state index in [-0.39, 0.29) is 16.8 Å². The Labute approximate surface area is 262 Å². The highest BCUT2D eigenvalue weighted by molar-refractivity contribution is 8.00. The Bertz CT molecular complexity index is 1640. The van der Waals surface area contributed by atoms with Crippen LogP contribution in [0, 0.1) is 0 Å². The second kappa shape index (κ2) is 13.3. The zero-order valence-electron chi connectivity index (χ0n) is 22.9. The van der Waals surface area contributed by atoms with Gasteiger partial charge in [0.05, 0.1) is 28.5 Å². The lowest BCUT2D eigenvalue weighted by Gasteiger charge is -2.22. The molecule has 5 rings (SSSR count). The van der Waals surface area contributed by atoms with Crippen molar-refractivity contribution in [2.75, 3.05) is 17.7 Å². The van der Waals surface area contributed by atoms with E-state index in [1.165, 1.54) is 41.8 Å². The highest BCUT2D eigenvalue weighted by Crippen LogP contribution is 2.43. The first-order valence-corrected chi connectivity index (χ1v) is 15.8. The van der Waals surface area contributed by atoms with Gasteiger partial charge in [-0.05, 0) is 79.6 Å². The van der Waals surface area contributed by atoms with E-state index < -0.39 is 11.2 Å². The van der Waals surface area contributed by atoms with Crippen molar-refractivity contribution in [1.82, 2.24) is 0 Å². The van der Waals surface area contributed by atoms with Gasteiger partial charge in [0.1, 0.15) is 5.00 Å². The molecule has 10 heteroatoms. The number of nitrogens with one attached hydrogen (secondary N) is 2. The zero-order chi connectivity index (χ0) is 29.8. The summed E-state index contributed by atoms with van der Waals surface area (Å²) in [4.78, 5) is 40.8. The molecule has 0 radical (unpaired) electrons. The van der Waals surface area contributed by atoms with E-state index in [9.17, 15) is 14.4 Å². The molecular weight excluding hydrogens is 611 g/mol. The van der Waals surface area contributed by atoms with Gasteiger partial charge in [0.2, 0.25) is 5.91 Å². The molecule has 3 aromatic carbocycles. The van der Waals surface area contributed by atoms with Crippen LogP contribution in [0.15, 0.2) is 77.7 Å². The molecule has 1 heterocycles. The number of benzene rings is 3. The van der Waals surface area contributed by atoms with Gasteiger partial charge in [0.25, 0.3) is 5.91 Å². The van der Waals surface area contributed by atoms with Crippen molar-refractivity contribution in [3.8, 4) is 0 Å². The number of halogens is 2. The number of fused-ring (bicyclic) bond motifs is 1. The molecule has 6 nitrogen and oxygen atoms in total. The number of carbonyl (C=O) groups excluding carboxylic acids is 3. The fraction of sp³-hybridized carbons (Fsp3) is 0.219. The standard InChI is InChI=1S/C32H28Cl2N2O4S2/c1-18(41-23-10-6-9-22(17-23)35-30(38)24-14-12-21(33)16-26(24)34)29(37)36-31-28(32(39)40-2)25-13-11-20(15-27(25)42-31)19-7-4-3-5-8-19/h3-10,12,14,16-18,20H,11,13,15H2,1-2H3,(H,35,38)(H,36,37). The van der Waals surface area contributed by atoms with Crippen molar-refractivity contribution in [3.05, 3.63) is 110 Å². The number of amides is 2. The molecule has 0 aliphatic heterocycles. The highest BCUT2D eigenvalue weighted by Gasteiger charge is 2.31. The van der Waals surface area contributed by atoms with Gasteiger partial charge in [0, 0.05) is 20.5 Å². The summed E-state index contributed by atoms with van der Waals surface area (Å²) >= 11 is 14.9. The maximum Gasteiger partial charge on any atom is 0.341 e. The topological polar surface area (TPSA) is 84.5 Å². The van der Waals surface area contributed by atoms with E-state index in [2.05, 4.69) is 22.8 Å². The number of esters is 1. The predicted molar refractivity (Wildman–Crippen MR) is 172 cm³/mol. The van der Waals surface area contributed by atoms with Crippen LogP contribution in [0.3, 0.4) is 0 Å². The Morgan fingerprint density at radius 3 is 2.52 bits per heavy atom. The monoisotopic (exact) mass is 638 g/mol. The molecule has 0 saturated carbocycles. The third kappa shape index (κ3) is 6.84. The lowest BCUT2D eigenvalue weighted by Crippen LogP contribution is -2.23. The molecule has 42 heavy (non-hydrogen) atoms. The molecular formula is C32H28Cl2N2O4S2. The van der Waals surface area contributed by atoms with Gasteiger partial charge in [0.15, 0.2) is 0 Å². The minimum atomic E-state index is -0.483. The van der Waals surface area contributed by atoms with Gasteiger partial charge in [-0.25, -0.2) is 4.79 Å². The fourth-order valence-electron chi connectivity index (χ4n) is 4.99. The summed E-state index contributed by atoms with van der Waals surface area (Å²) in [6, 6.07) is 22.3. The van der Waals surface area contributed by atoms with E-state index in [0.717, 1.165) is 34.6 Å². The Morgan fingerprint density at radius 1 is 1.00 bits per heavy atom. The first-order valence-electron chi connectivity index (χ1n) is 13.3. The van der Waals surface area contributed by atoms with Gasteiger partial charge >= 0.3 is 5.97 Å². The van der Waals surface area contributed by atoms with Gasteiger partial charge < -0.3 is 15.4 Å². The average Bonchev–Trinajstić information content (AvgIpc) is 3.34. The second-order valence-corrected chi connectivity index (χ2v) is 13.3. The van der Waals surface area contributed by atoms with Crippen LogP contribution < -0.4 is 10.6 Å². The average molecular weight is 640 g/mol. The molecule has 0 bridgehead atoms. The number of carbonyl (C=O) groups is 3. The van der Waals surface area contributed by atoms with Crippen LogP contribution in [0.25, 0.3) is 0 Å². The minimum Gasteiger partial charge on any atom is -0.465 e. The van der Waals surface area contributed by atoms with E-state index in [1.54, 1.807) is 37.3 Å². The molecule has 0 spiro atoms. The molecule has 2 amide bonds. The number of anilines is 2. The summed E-state index contributed by atoms with van der Waals surface area (Å²) in [5.41, 5.74) is 3.58. The van der Waals surface area contributed by atoms with Gasteiger partial charge in [-0.1, -0.05) is 59.6 Å². The quantitative estimate of drug-likeness (QED) is 0.149. The molecule has 216 valence electrons. The number of methoxy groups -OCH3 is 1. The molecule has 0 saturated heterocycles. The Kier molecular flexibility index (Phi) is 9.58. The van der Waals surface area contributed by atoms with Gasteiger partial charge in [-0.3, -0.25) is 9.59 Å². The van der Waals surface area contributed by atoms with Gasteiger partial charge in [-0.2, -0.15) is 0 Å². The lowest BCUT2D eigenvalue weighted by atomic mass is 9.83. The number of hydrogen-bond acceptors (Lipinski definition) is 6. The Morgan fingerprint density at radius 2 is 1.79 bits per heavy atom. The summed E-state index contributed by atoms with van der Waals surface area (Å²) in [6.07, 6.45) is 2.48. The van der Waals surface area contributed by atoms with Gasteiger partial charge in [-0.15, -0.1) is 23.1 Å². The summed E-state index contributed by atoms with van der Waals surface area (Å²) in [5.74, 6) is -0.670. The summed E-state index contributed by atoms with van der Waals surface area (Å²) < 4.78 is 5.10. The molecule has 0 fully saturated rings. The predicted octanol–water partition coefficient (Wildman–Crippen LogP) is 8.49. The minimum absolute atomic E-state index is 0.231. The van der Waals surface area contributed by atoms with Crippen LogP contribution in [0.4, 0.5) is 10.7 Å². The molecule has 1 aliphatic rings. The maximum atomic E-state index is 13.3. The third-order valence-corrected chi connectivity index (χ3v) is 9.92. The summed E-state index contributed by atoms with van der Waals surface area (Å²) in [5, 5.41) is 6.59. The van der Waals surface area contributed by atoms with Crippen LogP contribution in [0.2, 0.25) is 10.0 Å². The molecule has 2 N–H and O–H groups in total. The largest absolute Gasteiger partial charge is 0.465 e. The van der Waals surface area contributed by atoms with Crippen molar-refractivity contribution in [1.29, 1.82) is 0 Å². The normalized spacial score (nSPS) is 14.9. The maximum absolute atomic E-state index is 13.3. The van der Waals surface area contributed by atoms with E-state index >= 15 is 0 Å². The summed E-state index contributed by atoms with van der Waals surface area (Å²) in [7, 11) is 1.36. The van der Waals surface area contributed by atoms with Crippen LogP contribution in [-0.4, -0.2) is 30.1 Å². The van der Waals surface area contributed by atoms with Crippen molar-refractivity contribution in [2.45, 2.75) is 42.2 Å². The molecule has 1 aromatic heterocycles. The van der Waals surface area contributed by atoms with Crippen LogP contribution in [0.1, 0.15) is 56.0 Å². The second-order valence-electron chi connectivity index (χ2n) is 9.91.